The van der Waals surface area contributed by atoms with E-state index in [2.05, 4.69) is 4.72 Å². The van der Waals surface area contributed by atoms with E-state index in [0.717, 1.165) is 0 Å². The Balaban J connectivity index is 2.42. The van der Waals surface area contributed by atoms with Gasteiger partial charge >= 0.3 is 5.97 Å². The molecule has 2 aromatic rings. The first-order chi connectivity index (χ1) is 9.29. The maximum Gasteiger partial charge on any atom is 0.337 e. The topological polar surface area (TPSA) is 114 Å². The summed E-state index contributed by atoms with van der Waals surface area (Å²) >= 11 is 0. The number of aryl methyl sites for hydroxylation is 1. The Morgan fingerprint density at radius 3 is 2.60 bits per heavy atom. The largest absolute Gasteiger partial charge is 0.478 e. The molecule has 0 radical (unpaired) electrons. The van der Waals surface area contributed by atoms with E-state index in [9.17, 15) is 13.2 Å². The van der Waals surface area contributed by atoms with E-state index < -0.39 is 16.0 Å². The van der Waals surface area contributed by atoms with E-state index in [1.54, 1.807) is 17.8 Å². The normalized spacial score (nSPS) is 11.2. The monoisotopic (exact) mass is 295 g/mol. The number of nitrogen functional groups attached to an aromatic ring is 1. The fourth-order valence-corrected chi connectivity index (χ4v) is 2.80. The number of rotatable bonds is 4. The van der Waals surface area contributed by atoms with Crippen LogP contribution in [-0.4, -0.2) is 24.1 Å². The molecule has 0 bridgehead atoms. The number of hydrogen-bond donors (Lipinski definition) is 3. The molecule has 0 aliphatic heterocycles. The Kier molecular flexibility index (Phi) is 3.41. The van der Waals surface area contributed by atoms with Crippen molar-refractivity contribution in [3.8, 4) is 0 Å². The van der Waals surface area contributed by atoms with Gasteiger partial charge in [-0.25, -0.2) is 13.2 Å². The second-order valence-electron chi connectivity index (χ2n) is 4.23. The van der Waals surface area contributed by atoms with E-state index in [1.807, 2.05) is 0 Å². The quantitative estimate of drug-likeness (QED) is 0.731. The molecule has 0 spiro atoms. The first-order valence-corrected chi connectivity index (χ1v) is 7.05. The number of carboxylic acid groups (broad SMARTS) is 1. The fourth-order valence-electron chi connectivity index (χ4n) is 1.67. The summed E-state index contributed by atoms with van der Waals surface area (Å²) in [6.07, 6.45) is 3.00. The minimum atomic E-state index is -3.84. The molecule has 1 aromatic heterocycles. The van der Waals surface area contributed by atoms with Crippen LogP contribution in [-0.2, 0) is 17.1 Å². The van der Waals surface area contributed by atoms with Crippen molar-refractivity contribution in [1.82, 2.24) is 4.57 Å². The number of sulfonamides is 1. The molecule has 1 heterocycles. The second kappa shape index (κ2) is 4.89. The van der Waals surface area contributed by atoms with Crippen LogP contribution in [0.5, 0.6) is 0 Å². The van der Waals surface area contributed by atoms with Gasteiger partial charge in [-0.1, -0.05) is 0 Å². The summed E-state index contributed by atoms with van der Waals surface area (Å²) in [5.41, 5.74) is 5.50. The summed E-state index contributed by atoms with van der Waals surface area (Å²) in [4.78, 5) is 11.2. The van der Waals surface area contributed by atoms with Crippen LogP contribution >= 0.6 is 0 Å². The van der Waals surface area contributed by atoms with Crippen molar-refractivity contribution in [3.63, 3.8) is 0 Å². The molecule has 0 saturated carbocycles. The Morgan fingerprint density at radius 2 is 2.05 bits per heavy atom. The number of carboxylic acids is 1. The molecule has 0 fully saturated rings. The molecular formula is C12H13N3O4S. The highest BCUT2D eigenvalue weighted by molar-refractivity contribution is 7.92. The number of carbonyl (C=O) groups is 1. The van der Waals surface area contributed by atoms with Crippen molar-refractivity contribution < 1.29 is 18.3 Å². The number of nitrogens with two attached hydrogens (primary N) is 1. The van der Waals surface area contributed by atoms with Crippen LogP contribution in [0.15, 0.2) is 41.6 Å². The van der Waals surface area contributed by atoms with Crippen LogP contribution in [0.2, 0.25) is 0 Å². The first kappa shape index (κ1) is 13.9. The molecule has 106 valence electrons. The molecule has 0 aliphatic rings. The summed E-state index contributed by atoms with van der Waals surface area (Å²) in [5, 5.41) is 9.07. The molecule has 0 saturated heterocycles. The van der Waals surface area contributed by atoms with Crippen LogP contribution in [0.25, 0.3) is 0 Å². The SMILES string of the molecule is Cn1ccc(S(=O)(=O)Nc2ccc(N)cc2C(=O)O)c1. The molecule has 2 rings (SSSR count). The van der Waals surface area contributed by atoms with Crippen molar-refractivity contribution in [2.24, 2.45) is 7.05 Å². The Bertz CT molecular complexity index is 765. The van der Waals surface area contributed by atoms with E-state index >= 15 is 0 Å². The average Bonchev–Trinajstić information content (AvgIpc) is 2.78. The highest BCUT2D eigenvalue weighted by atomic mass is 32.2. The zero-order valence-electron chi connectivity index (χ0n) is 10.6. The van der Waals surface area contributed by atoms with Crippen LogP contribution in [0.1, 0.15) is 10.4 Å². The number of aromatic carboxylic acids is 1. The smallest absolute Gasteiger partial charge is 0.337 e. The third-order valence-electron chi connectivity index (χ3n) is 2.63. The summed E-state index contributed by atoms with van der Waals surface area (Å²) < 4.78 is 28.1. The van der Waals surface area contributed by atoms with Crippen LogP contribution in [0.4, 0.5) is 11.4 Å². The maximum atomic E-state index is 12.1. The molecule has 0 unspecified atom stereocenters. The Morgan fingerprint density at radius 1 is 1.35 bits per heavy atom. The van der Waals surface area contributed by atoms with Gasteiger partial charge in [-0.05, 0) is 24.3 Å². The van der Waals surface area contributed by atoms with Gasteiger partial charge in [0.15, 0.2) is 0 Å². The minimum absolute atomic E-state index is 0.0319. The van der Waals surface area contributed by atoms with Crippen LogP contribution < -0.4 is 10.5 Å². The van der Waals surface area contributed by atoms with Crippen molar-refractivity contribution in [1.29, 1.82) is 0 Å². The van der Waals surface area contributed by atoms with E-state index in [0.29, 0.717) is 0 Å². The number of benzene rings is 1. The zero-order chi connectivity index (χ0) is 14.9. The van der Waals surface area contributed by atoms with Gasteiger partial charge in [0.05, 0.1) is 11.3 Å². The van der Waals surface area contributed by atoms with E-state index in [-0.39, 0.29) is 21.8 Å². The molecule has 0 atom stereocenters. The zero-order valence-corrected chi connectivity index (χ0v) is 11.4. The lowest BCUT2D eigenvalue weighted by Gasteiger charge is -2.10. The summed E-state index contributed by atoms with van der Waals surface area (Å²) in [7, 11) is -2.15. The highest BCUT2D eigenvalue weighted by Gasteiger charge is 2.19. The maximum absolute atomic E-state index is 12.1. The molecule has 7 nitrogen and oxygen atoms in total. The van der Waals surface area contributed by atoms with Crippen molar-refractivity contribution in [2.45, 2.75) is 4.90 Å². The third kappa shape index (κ3) is 2.75. The number of nitrogens with zero attached hydrogens (tertiary/aromatic N) is 1. The third-order valence-corrected chi connectivity index (χ3v) is 3.98. The van der Waals surface area contributed by atoms with Gasteiger partial charge in [-0.2, -0.15) is 0 Å². The first-order valence-electron chi connectivity index (χ1n) is 5.57. The molecule has 0 aliphatic carbocycles. The van der Waals surface area contributed by atoms with Gasteiger partial charge in [0.1, 0.15) is 4.90 Å². The highest BCUT2D eigenvalue weighted by Crippen LogP contribution is 2.22. The van der Waals surface area contributed by atoms with Crippen LogP contribution in [0, 0.1) is 0 Å². The molecule has 0 amide bonds. The van der Waals surface area contributed by atoms with E-state index in [1.165, 1.54) is 30.5 Å². The van der Waals surface area contributed by atoms with Gasteiger partial charge in [-0.15, -0.1) is 0 Å². The number of anilines is 2. The molecule has 8 heteroatoms. The lowest BCUT2D eigenvalue weighted by Crippen LogP contribution is -2.15. The standard InChI is InChI=1S/C12H13N3O4S/c1-15-5-4-9(7-15)20(18,19)14-11-3-2-8(13)6-10(11)12(16)17/h2-7,14H,13H2,1H3,(H,16,17). The fraction of sp³-hybridized carbons (Fsp3) is 0.0833. The number of nitrogens with one attached hydrogen (secondary N) is 1. The predicted octanol–water partition coefficient (Wildman–Crippen LogP) is 1.11. The summed E-state index contributed by atoms with van der Waals surface area (Å²) in [6.45, 7) is 0. The lowest BCUT2D eigenvalue weighted by molar-refractivity contribution is 0.0698. The second-order valence-corrected chi connectivity index (χ2v) is 5.91. The van der Waals surface area contributed by atoms with E-state index in [4.69, 9.17) is 10.8 Å². The molecular weight excluding hydrogens is 282 g/mol. The van der Waals surface area contributed by atoms with Gasteiger partial charge in [0, 0.05) is 25.1 Å². The molecule has 4 N–H and O–H groups in total. The molecule has 20 heavy (non-hydrogen) atoms. The minimum Gasteiger partial charge on any atom is -0.478 e. The van der Waals surface area contributed by atoms with Gasteiger partial charge in [-0.3, -0.25) is 4.72 Å². The van der Waals surface area contributed by atoms with Crippen molar-refractivity contribution >= 4 is 27.4 Å². The van der Waals surface area contributed by atoms with Gasteiger partial charge in [0.25, 0.3) is 10.0 Å². The summed E-state index contributed by atoms with van der Waals surface area (Å²) in [5.74, 6) is -1.26. The predicted molar refractivity (Wildman–Crippen MR) is 74.0 cm³/mol. The van der Waals surface area contributed by atoms with Gasteiger partial charge in [0.2, 0.25) is 0 Å². The average molecular weight is 295 g/mol. The number of aromatic nitrogens is 1. The number of hydrogen-bond acceptors (Lipinski definition) is 4. The van der Waals surface area contributed by atoms with Crippen molar-refractivity contribution in [2.75, 3.05) is 10.5 Å². The molecule has 1 aromatic carbocycles. The van der Waals surface area contributed by atoms with Crippen LogP contribution in [0.3, 0.4) is 0 Å². The Hall–Kier alpha value is -2.48. The Labute approximate surface area is 115 Å². The van der Waals surface area contributed by atoms with Gasteiger partial charge < -0.3 is 15.4 Å². The van der Waals surface area contributed by atoms with Crippen molar-refractivity contribution in [3.05, 3.63) is 42.2 Å². The lowest BCUT2D eigenvalue weighted by atomic mass is 10.1. The summed E-state index contributed by atoms with van der Waals surface area (Å²) in [6, 6.07) is 5.36.